The molecule has 1 aromatic heterocycles. The molecule has 5 nitrogen and oxygen atoms in total. The standard InChI is InChI=1S/C15H25BN2O3/c1-13(2,3)19-12-9-10(8-11(17)18-12)16-20-14(4,5)15(6,7)21-16/h8-9H,1-7H3,(H2,17,18). The Morgan fingerprint density at radius 2 is 1.62 bits per heavy atom. The molecule has 0 atom stereocenters. The minimum Gasteiger partial charge on any atom is -0.472 e. The van der Waals surface area contributed by atoms with E-state index in [-0.39, 0.29) is 16.8 Å². The van der Waals surface area contributed by atoms with Crippen LogP contribution in [0, 0.1) is 0 Å². The first-order valence-electron chi connectivity index (χ1n) is 7.22. The van der Waals surface area contributed by atoms with Crippen LogP contribution in [0.2, 0.25) is 0 Å². The second-order valence-electron chi connectivity index (χ2n) is 7.47. The predicted molar refractivity (Wildman–Crippen MR) is 84.7 cm³/mol. The fourth-order valence-corrected chi connectivity index (χ4v) is 2.03. The smallest absolute Gasteiger partial charge is 0.472 e. The van der Waals surface area contributed by atoms with E-state index in [2.05, 4.69) is 4.98 Å². The van der Waals surface area contributed by atoms with Gasteiger partial charge in [0.25, 0.3) is 0 Å². The van der Waals surface area contributed by atoms with Crippen LogP contribution in [0.4, 0.5) is 5.82 Å². The van der Waals surface area contributed by atoms with Crippen molar-refractivity contribution in [1.29, 1.82) is 0 Å². The van der Waals surface area contributed by atoms with Gasteiger partial charge in [-0.1, -0.05) is 0 Å². The second-order valence-corrected chi connectivity index (χ2v) is 7.47. The van der Waals surface area contributed by atoms with Crippen LogP contribution in [0.5, 0.6) is 5.88 Å². The molecule has 0 amide bonds. The highest BCUT2D eigenvalue weighted by atomic mass is 16.7. The maximum absolute atomic E-state index is 6.03. The molecular weight excluding hydrogens is 267 g/mol. The van der Waals surface area contributed by atoms with Gasteiger partial charge in [-0.2, -0.15) is 4.98 Å². The van der Waals surface area contributed by atoms with Crippen LogP contribution in [0.1, 0.15) is 48.5 Å². The minimum absolute atomic E-state index is 0.339. The first-order chi connectivity index (χ1) is 9.40. The number of nitrogens with two attached hydrogens (primary N) is 1. The van der Waals surface area contributed by atoms with Crippen LogP contribution >= 0.6 is 0 Å². The number of nitrogen functional groups attached to an aromatic ring is 1. The van der Waals surface area contributed by atoms with Crippen LogP contribution in [0.25, 0.3) is 0 Å². The fraction of sp³-hybridized carbons (Fsp3) is 0.667. The predicted octanol–water partition coefficient (Wildman–Crippen LogP) is 2.14. The number of rotatable bonds is 2. The van der Waals surface area contributed by atoms with Gasteiger partial charge in [0.2, 0.25) is 5.88 Å². The van der Waals surface area contributed by atoms with Gasteiger partial charge in [0, 0.05) is 6.07 Å². The van der Waals surface area contributed by atoms with Crippen LogP contribution in [0.3, 0.4) is 0 Å². The number of hydrogen-bond acceptors (Lipinski definition) is 5. The Morgan fingerprint density at radius 3 is 2.10 bits per heavy atom. The van der Waals surface area contributed by atoms with E-state index in [4.69, 9.17) is 19.8 Å². The van der Waals surface area contributed by atoms with Crippen molar-refractivity contribution in [3.8, 4) is 5.88 Å². The molecule has 0 aliphatic carbocycles. The van der Waals surface area contributed by atoms with Crippen LogP contribution in [0.15, 0.2) is 12.1 Å². The molecule has 1 saturated heterocycles. The van der Waals surface area contributed by atoms with Gasteiger partial charge in [0.15, 0.2) is 0 Å². The zero-order valence-electron chi connectivity index (χ0n) is 14.0. The van der Waals surface area contributed by atoms with Gasteiger partial charge >= 0.3 is 7.12 Å². The fourth-order valence-electron chi connectivity index (χ4n) is 2.03. The average Bonchev–Trinajstić information content (AvgIpc) is 2.44. The molecule has 21 heavy (non-hydrogen) atoms. The normalized spacial score (nSPS) is 20.6. The molecule has 1 fully saturated rings. The number of ether oxygens (including phenoxy) is 1. The Balaban J connectivity index is 2.30. The summed E-state index contributed by atoms with van der Waals surface area (Å²) in [7, 11) is -0.470. The van der Waals surface area contributed by atoms with E-state index in [0.29, 0.717) is 11.7 Å². The molecule has 2 rings (SSSR count). The summed E-state index contributed by atoms with van der Waals surface area (Å²) >= 11 is 0. The summed E-state index contributed by atoms with van der Waals surface area (Å²) in [4.78, 5) is 4.21. The lowest BCUT2D eigenvalue weighted by atomic mass is 9.79. The summed E-state index contributed by atoms with van der Waals surface area (Å²) in [6.07, 6.45) is 0. The third kappa shape index (κ3) is 3.50. The largest absolute Gasteiger partial charge is 0.495 e. The Labute approximate surface area is 127 Å². The van der Waals surface area contributed by atoms with Gasteiger partial charge in [-0.15, -0.1) is 0 Å². The van der Waals surface area contributed by atoms with Crippen molar-refractivity contribution >= 4 is 18.4 Å². The third-order valence-electron chi connectivity index (χ3n) is 3.78. The van der Waals surface area contributed by atoms with E-state index in [1.165, 1.54) is 0 Å². The molecule has 0 saturated carbocycles. The number of aromatic nitrogens is 1. The Kier molecular flexibility index (Phi) is 3.75. The highest BCUT2D eigenvalue weighted by Crippen LogP contribution is 2.36. The van der Waals surface area contributed by atoms with Gasteiger partial charge < -0.3 is 19.8 Å². The molecule has 0 unspecified atom stereocenters. The van der Waals surface area contributed by atoms with Crippen molar-refractivity contribution in [2.45, 2.75) is 65.3 Å². The van der Waals surface area contributed by atoms with Crippen LogP contribution in [-0.2, 0) is 9.31 Å². The Hall–Kier alpha value is -1.27. The molecule has 116 valence electrons. The second kappa shape index (κ2) is 4.88. The maximum Gasteiger partial charge on any atom is 0.495 e. The summed E-state index contributed by atoms with van der Waals surface area (Å²) in [5, 5.41) is 0. The summed E-state index contributed by atoms with van der Waals surface area (Å²) in [6.45, 7) is 14.0. The van der Waals surface area contributed by atoms with Crippen molar-refractivity contribution in [2.24, 2.45) is 0 Å². The van der Waals surface area contributed by atoms with Gasteiger partial charge in [-0.05, 0) is 60.0 Å². The lowest BCUT2D eigenvalue weighted by Crippen LogP contribution is -2.41. The van der Waals surface area contributed by atoms with Gasteiger partial charge in [0.05, 0.1) is 11.2 Å². The van der Waals surface area contributed by atoms with E-state index in [9.17, 15) is 0 Å². The summed E-state index contributed by atoms with van der Waals surface area (Å²) in [5.41, 5.74) is 5.58. The number of nitrogens with zero attached hydrogens (tertiary/aromatic N) is 1. The molecule has 1 aliphatic rings. The number of pyridine rings is 1. The molecule has 1 aromatic rings. The first-order valence-corrected chi connectivity index (χ1v) is 7.22. The third-order valence-corrected chi connectivity index (χ3v) is 3.78. The van der Waals surface area contributed by atoms with Crippen molar-refractivity contribution in [3.05, 3.63) is 12.1 Å². The van der Waals surface area contributed by atoms with E-state index in [0.717, 1.165) is 5.46 Å². The van der Waals surface area contributed by atoms with Crippen LogP contribution < -0.4 is 15.9 Å². The lowest BCUT2D eigenvalue weighted by Gasteiger charge is -2.32. The highest BCUT2D eigenvalue weighted by molar-refractivity contribution is 6.62. The van der Waals surface area contributed by atoms with E-state index in [1.54, 1.807) is 6.07 Å². The summed E-state index contributed by atoms with van der Waals surface area (Å²) in [6, 6.07) is 3.58. The minimum atomic E-state index is -0.470. The van der Waals surface area contributed by atoms with E-state index < -0.39 is 7.12 Å². The quantitative estimate of drug-likeness (QED) is 0.846. The van der Waals surface area contributed by atoms with Gasteiger partial charge in [-0.25, -0.2) is 0 Å². The maximum atomic E-state index is 6.03. The lowest BCUT2D eigenvalue weighted by molar-refractivity contribution is 0.00578. The first kappa shape index (κ1) is 16.1. The van der Waals surface area contributed by atoms with Crippen molar-refractivity contribution in [3.63, 3.8) is 0 Å². The SMILES string of the molecule is CC(C)(C)Oc1cc(B2OC(C)(C)C(C)(C)O2)cc(N)n1. The van der Waals surface area contributed by atoms with E-state index >= 15 is 0 Å². The molecule has 0 aromatic carbocycles. The molecule has 6 heteroatoms. The van der Waals surface area contributed by atoms with Gasteiger partial charge in [0.1, 0.15) is 11.4 Å². The average molecular weight is 292 g/mol. The van der Waals surface area contributed by atoms with Crippen LogP contribution in [-0.4, -0.2) is 28.9 Å². The highest BCUT2D eigenvalue weighted by Gasteiger charge is 2.51. The molecular formula is C15H25BN2O3. The monoisotopic (exact) mass is 292 g/mol. The number of hydrogen-bond donors (Lipinski definition) is 1. The summed E-state index contributed by atoms with van der Waals surface area (Å²) in [5.74, 6) is 0.869. The molecule has 0 radical (unpaired) electrons. The van der Waals surface area contributed by atoms with Crippen molar-refractivity contribution in [1.82, 2.24) is 4.98 Å². The van der Waals surface area contributed by atoms with Gasteiger partial charge in [-0.3, -0.25) is 0 Å². The molecule has 0 spiro atoms. The van der Waals surface area contributed by atoms with Crippen molar-refractivity contribution < 1.29 is 14.0 Å². The molecule has 0 bridgehead atoms. The number of anilines is 1. The molecule has 1 aliphatic heterocycles. The molecule has 2 N–H and O–H groups in total. The molecule has 2 heterocycles. The Bertz CT molecular complexity index is 522. The Morgan fingerprint density at radius 1 is 1.10 bits per heavy atom. The zero-order valence-corrected chi connectivity index (χ0v) is 14.0. The summed E-state index contributed by atoms with van der Waals surface area (Å²) < 4.78 is 17.8. The zero-order chi connectivity index (χ0) is 16.1. The van der Waals surface area contributed by atoms with Crippen molar-refractivity contribution in [2.75, 3.05) is 5.73 Å². The topological polar surface area (TPSA) is 66.6 Å². The van der Waals surface area contributed by atoms with E-state index in [1.807, 2.05) is 54.5 Å².